The number of para-hydroxylation sites is 1. The van der Waals surface area contributed by atoms with E-state index < -0.39 is 0 Å². The third-order valence-corrected chi connectivity index (χ3v) is 1.19. The van der Waals surface area contributed by atoms with Crippen molar-refractivity contribution >= 4 is 11.7 Å². The van der Waals surface area contributed by atoms with Gasteiger partial charge in [0.1, 0.15) is 12.4 Å². The van der Waals surface area contributed by atoms with E-state index in [0.717, 1.165) is 5.75 Å². The van der Waals surface area contributed by atoms with Crippen molar-refractivity contribution in [1.82, 2.24) is 0 Å². The molecule has 0 radical (unpaired) electrons. The van der Waals surface area contributed by atoms with Crippen LogP contribution < -0.4 is 10.5 Å². The van der Waals surface area contributed by atoms with Crippen LogP contribution in [0, 0.1) is 0 Å². The van der Waals surface area contributed by atoms with Crippen molar-refractivity contribution in [2.75, 3.05) is 6.61 Å². The summed E-state index contributed by atoms with van der Waals surface area (Å²) in [6.45, 7) is 2.97. The Balaban J connectivity index is 0.000000423. The number of hydrogen-bond donors (Lipinski definition) is 1. The second kappa shape index (κ2) is 7.55. The van der Waals surface area contributed by atoms with Crippen molar-refractivity contribution in [1.29, 1.82) is 0 Å². The molecule has 0 atom stereocenters. The van der Waals surface area contributed by atoms with E-state index >= 15 is 0 Å². The molecule has 0 aliphatic rings. The molecule has 82 valence electrons. The molecule has 0 saturated carbocycles. The lowest BCUT2D eigenvalue weighted by Gasteiger charge is -2.01. The van der Waals surface area contributed by atoms with Gasteiger partial charge in [-0.15, -0.1) is 0 Å². The van der Waals surface area contributed by atoms with Crippen LogP contribution in [-0.2, 0) is 9.59 Å². The third kappa shape index (κ3) is 10.1. The predicted molar refractivity (Wildman–Crippen MR) is 57.5 cm³/mol. The van der Waals surface area contributed by atoms with Crippen molar-refractivity contribution in [3.8, 4) is 5.75 Å². The molecule has 2 N–H and O–H groups in total. The second-order valence-electron chi connectivity index (χ2n) is 2.91. The summed E-state index contributed by atoms with van der Waals surface area (Å²) >= 11 is 0. The van der Waals surface area contributed by atoms with E-state index in [1.54, 1.807) is 0 Å². The standard InChI is InChI=1S/C9H10O2.C2H5NO/c1-8(10)7-11-9-5-3-2-4-6-9;1-2(3)4/h2-6H,7H2,1H3;1H3,(H2,3,4). The molecule has 0 heterocycles. The molecule has 4 nitrogen and oxygen atoms in total. The molecule has 0 saturated heterocycles. The van der Waals surface area contributed by atoms with E-state index in [2.05, 4.69) is 5.73 Å². The molecule has 4 heteroatoms. The first-order valence-corrected chi connectivity index (χ1v) is 4.45. The Morgan fingerprint density at radius 3 is 2.07 bits per heavy atom. The van der Waals surface area contributed by atoms with Crippen LogP contribution in [0.25, 0.3) is 0 Å². The van der Waals surface area contributed by atoms with Crippen LogP contribution in [0.1, 0.15) is 13.8 Å². The highest BCUT2D eigenvalue weighted by Gasteiger charge is 1.93. The Labute approximate surface area is 89.0 Å². The normalized spacial score (nSPS) is 8.40. The predicted octanol–water partition coefficient (Wildman–Crippen LogP) is 1.15. The molecule has 0 aliphatic carbocycles. The molecule has 0 fully saturated rings. The number of ketones is 1. The Morgan fingerprint density at radius 1 is 1.20 bits per heavy atom. The summed E-state index contributed by atoms with van der Waals surface area (Å²) in [6, 6.07) is 9.29. The lowest BCUT2D eigenvalue weighted by atomic mass is 10.3. The molecule has 0 aromatic heterocycles. The maximum absolute atomic E-state index is 10.5. The number of ether oxygens (including phenoxy) is 1. The van der Waals surface area contributed by atoms with Crippen molar-refractivity contribution in [2.24, 2.45) is 5.73 Å². The summed E-state index contributed by atoms with van der Waals surface area (Å²) in [6.07, 6.45) is 0. The maximum atomic E-state index is 10.5. The van der Waals surface area contributed by atoms with Gasteiger partial charge in [0.25, 0.3) is 0 Å². The maximum Gasteiger partial charge on any atom is 0.214 e. The second-order valence-corrected chi connectivity index (χ2v) is 2.91. The van der Waals surface area contributed by atoms with Gasteiger partial charge in [-0.2, -0.15) is 0 Å². The summed E-state index contributed by atoms with van der Waals surface area (Å²) in [5.74, 6) is 0.441. The first-order chi connectivity index (χ1) is 7.02. The SMILES string of the molecule is CC(=O)COc1ccccc1.CC(N)=O. The van der Waals surface area contributed by atoms with Gasteiger partial charge in [0, 0.05) is 6.92 Å². The minimum Gasteiger partial charge on any atom is -0.486 e. The average Bonchev–Trinajstić information content (AvgIpc) is 2.15. The Hall–Kier alpha value is -1.84. The fraction of sp³-hybridized carbons (Fsp3) is 0.273. The van der Waals surface area contributed by atoms with Crippen molar-refractivity contribution in [2.45, 2.75) is 13.8 Å². The zero-order valence-electron chi connectivity index (χ0n) is 8.90. The molecule has 0 aliphatic heterocycles. The van der Waals surface area contributed by atoms with E-state index in [0.29, 0.717) is 0 Å². The first-order valence-electron chi connectivity index (χ1n) is 4.45. The van der Waals surface area contributed by atoms with Gasteiger partial charge < -0.3 is 10.5 Å². The number of rotatable bonds is 3. The van der Waals surface area contributed by atoms with Crippen molar-refractivity contribution in [3.63, 3.8) is 0 Å². The molecule has 1 aromatic carbocycles. The van der Waals surface area contributed by atoms with Gasteiger partial charge in [0.15, 0.2) is 5.78 Å². The fourth-order valence-electron chi connectivity index (χ4n) is 0.702. The summed E-state index contributed by atoms with van der Waals surface area (Å²) < 4.78 is 5.12. The lowest BCUT2D eigenvalue weighted by molar-refractivity contribution is -0.119. The highest BCUT2D eigenvalue weighted by atomic mass is 16.5. The lowest BCUT2D eigenvalue weighted by Crippen LogP contribution is -2.06. The third-order valence-electron chi connectivity index (χ3n) is 1.19. The van der Waals surface area contributed by atoms with Crippen LogP contribution in [0.3, 0.4) is 0 Å². The van der Waals surface area contributed by atoms with Gasteiger partial charge in [0.05, 0.1) is 0 Å². The number of nitrogens with two attached hydrogens (primary N) is 1. The van der Waals surface area contributed by atoms with Crippen LogP contribution in [0.4, 0.5) is 0 Å². The largest absolute Gasteiger partial charge is 0.486 e. The highest BCUT2D eigenvalue weighted by molar-refractivity contribution is 5.77. The van der Waals surface area contributed by atoms with Crippen LogP contribution in [0.2, 0.25) is 0 Å². The highest BCUT2D eigenvalue weighted by Crippen LogP contribution is 2.07. The summed E-state index contributed by atoms with van der Waals surface area (Å²) in [7, 11) is 0. The fourth-order valence-corrected chi connectivity index (χ4v) is 0.702. The quantitative estimate of drug-likeness (QED) is 0.811. The number of primary amides is 1. The van der Waals surface area contributed by atoms with Gasteiger partial charge in [-0.1, -0.05) is 18.2 Å². The molecule has 1 aromatic rings. The van der Waals surface area contributed by atoms with Crippen molar-refractivity contribution < 1.29 is 14.3 Å². The molecule has 15 heavy (non-hydrogen) atoms. The minimum atomic E-state index is -0.333. The van der Waals surface area contributed by atoms with Crippen LogP contribution in [0.5, 0.6) is 5.75 Å². The van der Waals surface area contributed by atoms with Crippen LogP contribution in [-0.4, -0.2) is 18.3 Å². The number of carbonyl (C=O) groups is 2. The molecule has 0 unspecified atom stereocenters. The molecular weight excluding hydrogens is 194 g/mol. The van der Waals surface area contributed by atoms with Gasteiger partial charge in [-0.05, 0) is 19.1 Å². The van der Waals surface area contributed by atoms with Crippen LogP contribution in [0.15, 0.2) is 30.3 Å². The molecule has 1 rings (SSSR count). The van der Waals surface area contributed by atoms with E-state index in [9.17, 15) is 9.59 Å². The Bertz CT molecular complexity index is 305. The van der Waals surface area contributed by atoms with E-state index in [4.69, 9.17) is 4.74 Å². The zero-order chi connectivity index (χ0) is 11.7. The monoisotopic (exact) mass is 209 g/mol. The minimum absolute atomic E-state index is 0.0360. The Kier molecular flexibility index (Phi) is 6.63. The summed E-state index contributed by atoms with van der Waals surface area (Å²) in [5, 5.41) is 0. The Morgan fingerprint density at radius 2 is 1.67 bits per heavy atom. The molecule has 0 spiro atoms. The smallest absolute Gasteiger partial charge is 0.214 e. The van der Waals surface area contributed by atoms with Gasteiger partial charge in [-0.3, -0.25) is 9.59 Å². The zero-order valence-corrected chi connectivity index (χ0v) is 8.90. The van der Waals surface area contributed by atoms with E-state index in [1.165, 1.54) is 13.8 Å². The van der Waals surface area contributed by atoms with Gasteiger partial charge in [0.2, 0.25) is 5.91 Å². The number of benzene rings is 1. The average molecular weight is 209 g/mol. The molecule has 1 amide bonds. The van der Waals surface area contributed by atoms with Crippen molar-refractivity contribution in [3.05, 3.63) is 30.3 Å². The summed E-state index contributed by atoms with van der Waals surface area (Å²) in [5.41, 5.74) is 4.47. The van der Waals surface area contributed by atoms with Crippen LogP contribution >= 0.6 is 0 Å². The summed E-state index contributed by atoms with van der Waals surface area (Å²) in [4.78, 5) is 19.7. The van der Waals surface area contributed by atoms with Gasteiger partial charge >= 0.3 is 0 Å². The number of carbonyl (C=O) groups excluding carboxylic acids is 2. The molecule has 0 bridgehead atoms. The first kappa shape index (κ1) is 13.2. The van der Waals surface area contributed by atoms with E-state index in [-0.39, 0.29) is 18.3 Å². The van der Waals surface area contributed by atoms with Gasteiger partial charge in [-0.25, -0.2) is 0 Å². The number of Topliss-reactive ketones (excluding diaryl/α,β-unsaturated/α-hetero) is 1. The number of amides is 1. The molecular formula is C11H15NO3. The topological polar surface area (TPSA) is 69.4 Å². The number of hydrogen-bond acceptors (Lipinski definition) is 3. The van der Waals surface area contributed by atoms with E-state index in [1.807, 2.05) is 30.3 Å².